The number of fused-ring (bicyclic) bond motifs is 1. The van der Waals surface area contributed by atoms with Crippen LogP contribution in [0.25, 0.3) is 4.96 Å². The highest BCUT2D eigenvalue weighted by Crippen LogP contribution is 2.36. The van der Waals surface area contributed by atoms with E-state index in [1.54, 1.807) is 24.5 Å². The molecule has 0 amide bonds. The maximum Gasteiger partial charge on any atom is 0.193 e. The van der Waals surface area contributed by atoms with E-state index >= 15 is 0 Å². The molecule has 0 saturated heterocycles. The van der Waals surface area contributed by atoms with Gasteiger partial charge in [-0.2, -0.15) is 0 Å². The smallest absolute Gasteiger partial charge is 0.193 e. The number of methoxy groups -OCH3 is 1. The van der Waals surface area contributed by atoms with Crippen LogP contribution in [0.15, 0.2) is 29.9 Å². The Hall–Kier alpha value is -1.76. The molecule has 0 unspecified atom stereocenters. The van der Waals surface area contributed by atoms with Crippen LogP contribution >= 0.6 is 22.9 Å². The molecule has 0 radical (unpaired) electrons. The van der Waals surface area contributed by atoms with E-state index in [9.17, 15) is 0 Å². The molecule has 3 aromatic rings. The van der Waals surface area contributed by atoms with Crippen LogP contribution in [0, 0.1) is 0 Å². The van der Waals surface area contributed by atoms with Crippen LogP contribution in [0.2, 0.25) is 5.02 Å². The van der Waals surface area contributed by atoms with Crippen molar-refractivity contribution in [2.24, 2.45) is 5.73 Å². The number of nitrogens with two attached hydrogens (primary N) is 1. The fourth-order valence-corrected chi connectivity index (χ4v) is 3.03. The molecule has 0 aliphatic carbocycles. The summed E-state index contributed by atoms with van der Waals surface area (Å²) in [5.41, 5.74) is 7.35. The number of halogens is 1. The normalized spacial score (nSPS) is 11.0. The van der Waals surface area contributed by atoms with Crippen molar-refractivity contribution in [2.75, 3.05) is 7.11 Å². The minimum absolute atomic E-state index is 0.326. The summed E-state index contributed by atoms with van der Waals surface area (Å²) in [6, 6.07) is 3.61. The highest BCUT2D eigenvalue weighted by atomic mass is 35.5. The lowest BCUT2D eigenvalue weighted by atomic mass is 10.2. The SMILES string of the molecule is COc1cc(CN)cc(Cl)c1OCc1cn2ccsc2n1. The molecule has 0 aliphatic rings. The Morgan fingerprint density at radius 1 is 1.43 bits per heavy atom. The van der Waals surface area contributed by atoms with Crippen LogP contribution in [-0.4, -0.2) is 16.5 Å². The predicted molar refractivity (Wildman–Crippen MR) is 83.3 cm³/mol. The van der Waals surface area contributed by atoms with Gasteiger partial charge in [-0.3, -0.25) is 4.40 Å². The number of benzene rings is 1. The fraction of sp³-hybridized carbons (Fsp3) is 0.214. The first-order valence-corrected chi connectivity index (χ1v) is 7.57. The maximum absolute atomic E-state index is 6.23. The van der Waals surface area contributed by atoms with E-state index < -0.39 is 0 Å². The molecule has 0 atom stereocenters. The van der Waals surface area contributed by atoms with E-state index in [4.69, 9.17) is 26.8 Å². The van der Waals surface area contributed by atoms with Gasteiger partial charge in [-0.1, -0.05) is 11.6 Å². The number of thiazole rings is 1. The molecule has 3 rings (SSSR count). The number of hydrogen-bond donors (Lipinski definition) is 1. The van der Waals surface area contributed by atoms with Crippen molar-refractivity contribution < 1.29 is 9.47 Å². The van der Waals surface area contributed by atoms with Gasteiger partial charge in [-0.15, -0.1) is 11.3 Å². The molecule has 2 aromatic heterocycles. The fourth-order valence-electron chi connectivity index (χ4n) is 2.02. The van der Waals surface area contributed by atoms with Gasteiger partial charge in [0, 0.05) is 24.3 Å². The first-order valence-electron chi connectivity index (χ1n) is 6.31. The Kier molecular flexibility index (Phi) is 4.01. The Bertz CT molecular complexity index is 740. The maximum atomic E-state index is 6.23. The lowest BCUT2D eigenvalue weighted by Crippen LogP contribution is -2.02. The quantitative estimate of drug-likeness (QED) is 0.783. The molecule has 0 saturated carbocycles. The molecule has 7 heteroatoms. The highest BCUT2D eigenvalue weighted by Gasteiger charge is 2.13. The van der Waals surface area contributed by atoms with Gasteiger partial charge < -0.3 is 15.2 Å². The zero-order valence-electron chi connectivity index (χ0n) is 11.4. The number of ether oxygens (including phenoxy) is 2. The Labute approximate surface area is 130 Å². The topological polar surface area (TPSA) is 61.8 Å². The van der Waals surface area contributed by atoms with Gasteiger partial charge >= 0.3 is 0 Å². The molecular formula is C14H14ClN3O2S. The van der Waals surface area contributed by atoms with E-state index in [1.807, 2.05) is 28.2 Å². The molecule has 110 valence electrons. The van der Waals surface area contributed by atoms with Crippen molar-refractivity contribution in [2.45, 2.75) is 13.2 Å². The van der Waals surface area contributed by atoms with Gasteiger partial charge in [0.25, 0.3) is 0 Å². The summed E-state index contributed by atoms with van der Waals surface area (Å²) in [4.78, 5) is 5.39. The zero-order chi connectivity index (χ0) is 14.8. The first kappa shape index (κ1) is 14.2. The van der Waals surface area contributed by atoms with E-state index in [2.05, 4.69) is 4.98 Å². The Morgan fingerprint density at radius 3 is 3.00 bits per heavy atom. The second-order valence-corrected chi connectivity index (χ2v) is 5.71. The van der Waals surface area contributed by atoms with Crippen molar-refractivity contribution in [1.29, 1.82) is 0 Å². The van der Waals surface area contributed by atoms with Crippen LogP contribution in [0.4, 0.5) is 0 Å². The van der Waals surface area contributed by atoms with Gasteiger partial charge in [0.15, 0.2) is 16.5 Å². The van der Waals surface area contributed by atoms with Gasteiger partial charge in [0.1, 0.15) is 6.61 Å². The van der Waals surface area contributed by atoms with Gasteiger partial charge in [0.2, 0.25) is 0 Å². The number of hydrogen-bond acceptors (Lipinski definition) is 5. The highest BCUT2D eigenvalue weighted by molar-refractivity contribution is 7.15. The van der Waals surface area contributed by atoms with E-state index in [-0.39, 0.29) is 0 Å². The monoisotopic (exact) mass is 323 g/mol. The number of aromatic nitrogens is 2. The molecule has 5 nitrogen and oxygen atoms in total. The minimum Gasteiger partial charge on any atom is -0.493 e. The third-order valence-corrected chi connectivity index (χ3v) is 4.08. The second-order valence-electron chi connectivity index (χ2n) is 4.43. The molecular weight excluding hydrogens is 310 g/mol. The minimum atomic E-state index is 0.326. The van der Waals surface area contributed by atoms with Gasteiger partial charge in [0.05, 0.1) is 17.8 Å². The van der Waals surface area contributed by atoms with E-state index in [0.717, 1.165) is 16.2 Å². The van der Waals surface area contributed by atoms with Crippen LogP contribution in [-0.2, 0) is 13.2 Å². The third kappa shape index (κ3) is 2.83. The summed E-state index contributed by atoms with van der Waals surface area (Å²) in [6.07, 6.45) is 3.89. The molecule has 0 spiro atoms. The molecule has 1 aromatic carbocycles. The summed E-state index contributed by atoms with van der Waals surface area (Å²) < 4.78 is 13.0. The standard InChI is InChI=1S/C14H14ClN3O2S/c1-19-12-5-9(6-16)4-11(15)13(12)20-8-10-7-18-2-3-21-14(18)17-10/h2-5,7H,6,8,16H2,1H3. The summed E-state index contributed by atoms with van der Waals surface area (Å²) in [7, 11) is 1.57. The largest absolute Gasteiger partial charge is 0.493 e. The molecule has 0 aliphatic heterocycles. The predicted octanol–water partition coefficient (Wildman–Crippen LogP) is 3.10. The summed E-state index contributed by atoms with van der Waals surface area (Å²) >= 11 is 7.81. The van der Waals surface area contributed by atoms with Crippen molar-refractivity contribution >= 4 is 27.9 Å². The summed E-state index contributed by atoms with van der Waals surface area (Å²) in [5, 5.41) is 2.47. The molecule has 0 bridgehead atoms. The van der Waals surface area contributed by atoms with E-state index in [0.29, 0.717) is 29.7 Å². The van der Waals surface area contributed by atoms with Crippen molar-refractivity contribution in [3.05, 3.63) is 46.2 Å². The van der Waals surface area contributed by atoms with Crippen LogP contribution in [0.1, 0.15) is 11.3 Å². The van der Waals surface area contributed by atoms with Crippen LogP contribution < -0.4 is 15.2 Å². The average molecular weight is 324 g/mol. The lowest BCUT2D eigenvalue weighted by molar-refractivity contribution is 0.281. The lowest BCUT2D eigenvalue weighted by Gasteiger charge is -2.13. The molecule has 2 N–H and O–H groups in total. The number of rotatable bonds is 5. The second kappa shape index (κ2) is 5.93. The molecule has 0 fully saturated rings. The van der Waals surface area contributed by atoms with Gasteiger partial charge in [-0.05, 0) is 17.7 Å². The summed E-state index contributed by atoms with van der Waals surface area (Å²) in [5.74, 6) is 1.08. The molecule has 2 heterocycles. The van der Waals surface area contributed by atoms with Crippen LogP contribution in [0.3, 0.4) is 0 Å². The van der Waals surface area contributed by atoms with Gasteiger partial charge in [-0.25, -0.2) is 4.98 Å². The average Bonchev–Trinajstić information content (AvgIpc) is 3.06. The van der Waals surface area contributed by atoms with E-state index in [1.165, 1.54) is 0 Å². The van der Waals surface area contributed by atoms with Crippen molar-refractivity contribution in [3.63, 3.8) is 0 Å². The first-order chi connectivity index (χ1) is 10.2. The Morgan fingerprint density at radius 2 is 2.29 bits per heavy atom. The zero-order valence-corrected chi connectivity index (χ0v) is 12.9. The van der Waals surface area contributed by atoms with Crippen LogP contribution in [0.5, 0.6) is 11.5 Å². The summed E-state index contributed by atoms with van der Waals surface area (Å²) in [6.45, 7) is 0.722. The third-order valence-electron chi connectivity index (χ3n) is 3.03. The van der Waals surface area contributed by atoms with Crippen molar-refractivity contribution in [3.8, 4) is 11.5 Å². The Balaban J connectivity index is 1.82. The number of imidazole rings is 1. The number of nitrogens with zero attached hydrogens (tertiary/aromatic N) is 2. The van der Waals surface area contributed by atoms with Crippen molar-refractivity contribution in [1.82, 2.24) is 9.38 Å². The molecule has 21 heavy (non-hydrogen) atoms.